The van der Waals surface area contributed by atoms with Gasteiger partial charge in [0.2, 0.25) is 0 Å². The molecule has 17 heavy (non-hydrogen) atoms. The van der Waals surface area contributed by atoms with Crippen LogP contribution in [0.15, 0.2) is 30.5 Å². The van der Waals surface area contributed by atoms with Crippen molar-refractivity contribution in [3.8, 4) is 11.1 Å². The molecule has 1 aromatic heterocycles. The predicted molar refractivity (Wildman–Crippen MR) is 67.5 cm³/mol. The van der Waals surface area contributed by atoms with Gasteiger partial charge in [0.05, 0.1) is 5.02 Å². The van der Waals surface area contributed by atoms with Gasteiger partial charge in [-0.25, -0.2) is 9.37 Å². The largest absolute Gasteiger partial charge is 0.326 e. The second-order valence-corrected chi connectivity index (χ2v) is 4.29. The number of benzene rings is 1. The lowest BCUT2D eigenvalue weighted by atomic mass is 10.0. The molecule has 5 heteroatoms. The molecule has 1 heterocycles. The SMILES string of the molecule is NCc1cnc(Cl)cc1-c1ccc(F)cc1Cl. The van der Waals surface area contributed by atoms with E-state index in [-0.39, 0.29) is 5.82 Å². The number of nitrogens with zero attached hydrogens (tertiary/aromatic N) is 1. The van der Waals surface area contributed by atoms with Crippen molar-refractivity contribution < 1.29 is 4.39 Å². The fourth-order valence-corrected chi connectivity index (χ4v) is 2.01. The van der Waals surface area contributed by atoms with E-state index in [0.717, 1.165) is 11.1 Å². The molecule has 0 saturated carbocycles. The van der Waals surface area contributed by atoms with Crippen LogP contribution >= 0.6 is 23.2 Å². The molecule has 2 aromatic rings. The van der Waals surface area contributed by atoms with Crippen LogP contribution in [-0.4, -0.2) is 4.98 Å². The molecular weight excluding hydrogens is 262 g/mol. The Kier molecular flexibility index (Phi) is 3.62. The summed E-state index contributed by atoms with van der Waals surface area (Å²) >= 11 is 11.8. The van der Waals surface area contributed by atoms with Crippen molar-refractivity contribution >= 4 is 23.2 Å². The lowest BCUT2D eigenvalue weighted by molar-refractivity contribution is 0.628. The van der Waals surface area contributed by atoms with Gasteiger partial charge in [-0.05, 0) is 35.4 Å². The Labute approximate surface area is 108 Å². The first-order valence-corrected chi connectivity index (χ1v) is 5.67. The number of rotatable bonds is 2. The quantitative estimate of drug-likeness (QED) is 0.846. The van der Waals surface area contributed by atoms with Crippen LogP contribution in [-0.2, 0) is 6.54 Å². The van der Waals surface area contributed by atoms with E-state index < -0.39 is 0 Å². The van der Waals surface area contributed by atoms with Crippen molar-refractivity contribution in [2.75, 3.05) is 0 Å². The molecule has 0 aliphatic heterocycles. The number of nitrogens with two attached hydrogens (primary N) is 1. The summed E-state index contributed by atoms with van der Waals surface area (Å²) in [6.45, 7) is 0.313. The molecule has 0 unspecified atom stereocenters. The van der Waals surface area contributed by atoms with Gasteiger partial charge < -0.3 is 5.73 Å². The van der Waals surface area contributed by atoms with Crippen LogP contribution < -0.4 is 5.73 Å². The van der Waals surface area contributed by atoms with Gasteiger partial charge >= 0.3 is 0 Å². The molecule has 2 N–H and O–H groups in total. The molecule has 0 radical (unpaired) electrons. The summed E-state index contributed by atoms with van der Waals surface area (Å²) in [5.74, 6) is -0.381. The Bertz CT molecular complexity index is 558. The minimum atomic E-state index is -0.381. The lowest BCUT2D eigenvalue weighted by Crippen LogP contribution is -2.00. The number of halogens is 3. The Morgan fingerprint density at radius 1 is 1.18 bits per heavy atom. The van der Waals surface area contributed by atoms with E-state index in [0.29, 0.717) is 22.3 Å². The summed E-state index contributed by atoms with van der Waals surface area (Å²) in [6.07, 6.45) is 1.59. The molecule has 0 aliphatic carbocycles. The highest BCUT2D eigenvalue weighted by atomic mass is 35.5. The smallest absolute Gasteiger partial charge is 0.129 e. The molecule has 2 nitrogen and oxygen atoms in total. The third-order valence-electron chi connectivity index (χ3n) is 2.39. The molecule has 88 valence electrons. The normalized spacial score (nSPS) is 10.6. The minimum Gasteiger partial charge on any atom is -0.326 e. The van der Waals surface area contributed by atoms with Crippen LogP contribution in [0, 0.1) is 5.82 Å². The van der Waals surface area contributed by atoms with Gasteiger partial charge in [-0.3, -0.25) is 0 Å². The third-order valence-corrected chi connectivity index (χ3v) is 2.91. The van der Waals surface area contributed by atoms with Gasteiger partial charge in [0, 0.05) is 18.3 Å². The number of hydrogen-bond donors (Lipinski definition) is 1. The van der Waals surface area contributed by atoms with Crippen molar-refractivity contribution in [2.45, 2.75) is 6.54 Å². The Hall–Kier alpha value is -1.16. The lowest BCUT2D eigenvalue weighted by Gasteiger charge is -2.09. The van der Waals surface area contributed by atoms with Gasteiger partial charge in [0.1, 0.15) is 11.0 Å². The Morgan fingerprint density at radius 3 is 2.59 bits per heavy atom. The van der Waals surface area contributed by atoms with Gasteiger partial charge in [-0.1, -0.05) is 23.2 Å². The zero-order chi connectivity index (χ0) is 12.4. The van der Waals surface area contributed by atoms with Crippen molar-refractivity contribution in [2.24, 2.45) is 5.73 Å². The highest BCUT2D eigenvalue weighted by Crippen LogP contribution is 2.31. The fraction of sp³-hybridized carbons (Fsp3) is 0.0833. The van der Waals surface area contributed by atoms with Crippen LogP contribution in [0.4, 0.5) is 4.39 Å². The first kappa shape index (κ1) is 12.3. The maximum absolute atomic E-state index is 13.0. The maximum atomic E-state index is 13.0. The van der Waals surface area contributed by atoms with Gasteiger partial charge in [-0.2, -0.15) is 0 Å². The number of aromatic nitrogens is 1. The van der Waals surface area contributed by atoms with Crippen LogP contribution in [0.5, 0.6) is 0 Å². The molecular formula is C12H9Cl2FN2. The van der Waals surface area contributed by atoms with Crippen LogP contribution in [0.3, 0.4) is 0 Å². The molecule has 0 atom stereocenters. The maximum Gasteiger partial charge on any atom is 0.129 e. The topological polar surface area (TPSA) is 38.9 Å². The van der Waals surface area contributed by atoms with Gasteiger partial charge in [-0.15, -0.1) is 0 Å². The Balaban J connectivity index is 2.62. The fourth-order valence-electron chi connectivity index (χ4n) is 1.58. The van der Waals surface area contributed by atoms with Crippen molar-refractivity contribution in [1.82, 2.24) is 4.98 Å². The molecule has 2 rings (SSSR count). The van der Waals surface area contributed by atoms with E-state index in [4.69, 9.17) is 28.9 Å². The molecule has 0 bridgehead atoms. The summed E-state index contributed by atoms with van der Waals surface area (Å²) < 4.78 is 13.0. The third kappa shape index (κ3) is 2.57. The summed E-state index contributed by atoms with van der Waals surface area (Å²) in [4.78, 5) is 3.95. The minimum absolute atomic E-state index is 0.313. The van der Waals surface area contributed by atoms with E-state index in [1.165, 1.54) is 12.1 Å². The molecule has 0 fully saturated rings. The predicted octanol–water partition coefficient (Wildman–Crippen LogP) is 3.65. The van der Waals surface area contributed by atoms with E-state index in [9.17, 15) is 4.39 Å². The average molecular weight is 271 g/mol. The molecule has 0 amide bonds. The highest BCUT2D eigenvalue weighted by Gasteiger charge is 2.10. The summed E-state index contributed by atoms with van der Waals surface area (Å²) in [5, 5.41) is 0.666. The molecule has 1 aromatic carbocycles. The second kappa shape index (κ2) is 5.00. The standard InChI is InChI=1S/C12H9Cl2FN2/c13-11-3-8(15)1-2-9(11)10-4-12(14)17-6-7(10)5-16/h1-4,6H,5,16H2. The van der Waals surface area contributed by atoms with Crippen molar-refractivity contribution in [1.29, 1.82) is 0 Å². The molecule has 0 saturated heterocycles. The van der Waals surface area contributed by atoms with Gasteiger partial charge in [0.25, 0.3) is 0 Å². The zero-order valence-corrected chi connectivity index (χ0v) is 10.3. The van der Waals surface area contributed by atoms with Crippen LogP contribution in [0.2, 0.25) is 10.2 Å². The second-order valence-electron chi connectivity index (χ2n) is 3.49. The van der Waals surface area contributed by atoms with Crippen LogP contribution in [0.25, 0.3) is 11.1 Å². The van der Waals surface area contributed by atoms with Gasteiger partial charge in [0.15, 0.2) is 0 Å². The highest BCUT2D eigenvalue weighted by molar-refractivity contribution is 6.33. The molecule has 0 aliphatic rings. The van der Waals surface area contributed by atoms with Crippen molar-refractivity contribution in [3.63, 3.8) is 0 Å². The first-order chi connectivity index (χ1) is 8.11. The summed E-state index contributed by atoms with van der Waals surface area (Å²) in [5.41, 5.74) is 7.89. The number of hydrogen-bond acceptors (Lipinski definition) is 2. The zero-order valence-electron chi connectivity index (χ0n) is 8.75. The van der Waals surface area contributed by atoms with Crippen LogP contribution in [0.1, 0.15) is 5.56 Å². The average Bonchev–Trinajstić information content (AvgIpc) is 2.29. The van der Waals surface area contributed by atoms with E-state index in [1.54, 1.807) is 18.3 Å². The van der Waals surface area contributed by atoms with E-state index in [1.807, 2.05) is 0 Å². The summed E-state index contributed by atoms with van der Waals surface area (Å²) in [7, 11) is 0. The van der Waals surface area contributed by atoms with E-state index in [2.05, 4.69) is 4.98 Å². The number of pyridine rings is 1. The first-order valence-electron chi connectivity index (χ1n) is 4.91. The summed E-state index contributed by atoms with van der Waals surface area (Å²) in [6, 6.07) is 5.87. The van der Waals surface area contributed by atoms with Crippen molar-refractivity contribution in [3.05, 3.63) is 52.0 Å². The monoisotopic (exact) mass is 270 g/mol. The molecule has 0 spiro atoms. The van der Waals surface area contributed by atoms with E-state index >= 15 is 0 Å². The Morgan fingerprint density at radius 2 is 1.94 bits per heavy atom.